The molecule has 0 fully saturated rings. The first-order valence-corrected chi connectivity index (χ1v) is 7.08. The van der Waals surface area contributed by atoms with E-state index in [0.29, 0.717) is 30.5 Å². The monoisotopic (exact) mass is 337 g/mol. The molecule has 1 aromatic heterocycles. The third-order valence-corrected chi connectivity index (χ3v) is 3.16. The molecule has 0 aliphatic carbocycles. The summed E-state index contributed by atoms with van der Waals surface area (Å²) in [4.78, 5) is 8.24. The standard InChI is InChI=1S/C14H16BrN3O2/c1-2-19-12-7-10(8-16)6-11(15)14(12)20-9-13-17-4-3-5-18-13/h3-7H,2,8-9,16H2,1H3. The number of nitrogens with two attached hydrogens (primary N) is 1. The van der Waals surface area contributed by atoms with Crippen LogP contribution >= 0.6 is 15.9 Å². The summed E-state index contributed by atoms with van der Waals surface area (Å²) >= 11 is 3.48. The molecule has 5 nitrogen and oxygen atoms in total. The first-order chi connectivity index (χ1) is 9.74. The Morgan fingerprint density at radius 3 is 2.60 bits per heavy atom. The van der Waals surface area contributed by atoms with Crippen LogP contribution in [-0.4, -0.2) is 16.6 Å². The molecule has 0 amide bonds. The fourth-order valence-corrected chi connectivity index (χ4v) is 2.29. The third kappa shape index (κ3) is 3.68. The lowest BCUT2D eigenvalue weighted by Gasteiger charge is -2.14. The van der Waals surface area contributed by atoms with Gasteiger partial charge in [0.05, 0.1) is 11.1 Å². The Morgan fingerprint density at radius 2 is 1.95 bits per heavy atom. The molecule has 0 radical (unpaired) electrons. The maximum atomic E-state index is 5.77. The largest absolute Gasteiger partial charge is 0.490 e. The van der Waals surface area contributed by atoms with E-state index in [1.54, 1.807) is 18.5 Å². The molecule has 0 atom stereocenters. The summed E-state index contributed by atoms with van der Waals surface area (Å²) in [5.74, 6) is 1.92. The lowest BCUT2D eigenvalue weighted by molar-refractivity contribution is 0.261. The molecule has 0 unspecified atom stereocenters. The highest BCUT2D eigenvalue weighted by Crippen LogP contribution is 2.37. The molecule has 106 valence electrons. The van der Waals surface area contributed by atoms with Crippen molar-refractivity contribution < 1.29 is 9.47 Å². The van der Waals surface area contributed by atoms with Gasteiger partial charge >= 0.3 is 0 Å². The quantitative estimate of drug-likeness (QED) is 0.877. The Labute approximate surface area is 126 Å². The van der Waals surface area contributed by atoms with Gasteiger partial charge in [-0.15, -0.1) is 0 Å². The normalized spacial score (nSPS) is 10.3. The second kappa shape index (κ2) is 7.21. The SMILES string of the molecule is CCOc1cc(CN)cc(Br)c1OCc1ncccn1. The second-order valence-corrected chi connectivity index (χ2v) is 4.85. The Hall–Kier alpha value is -1.66. The van der Waals surface area contributed by atoms with Gasteiger partial charge in [0.2, 0.25) is 0 Å². The van der Waals surface area contributed by atoms with Crippen molar-refractivity contribution >= 4 is 15.9 Å². The highest BCUT2D eigenvalue weighted by Gasteiger charge is 2.12. The number of nitrogens with zero attached hydrogens (tertiary/aromatic N) is 2. The fourth-order valence-electron chi connectivity index (χ4n) is 1.68. The topological polar surface area (TPSA) is 70.3 Å². The van der Waals surface area contributed by atoms with E-state index >= 15 is 0 Å². The van der Waals surface area contributed by atoms with Gasteiger partial charge < -0.3 is 15.2 Å². The van der Waals surface area contributed by atoms with Crippen LogP contribution in [0.2, 0.25) is 0 Å². The molecule has 0 aliphatic heterocycles. The molecule has 1 aromatic carbocycles. The molecule has 6 heteroatoms. The van der Waals surface area contributed by atoms with Crippen molar-refractivity contribution in [2.24, 2.45) is 5.73 Å². The molecule has 2 aromatic rings. The Balaban J connectivity index is 2.21. The minimum atomic E-state index is 0.279. The molecule has 0 spiro atoms. The number of hydrogen-bond acceptors (Lipinski definition) is 5. The van der Waals surface area contributed by atoms with Crippen molar-refractivity contribution in [3.63, 3.8) is 0 Å². The van der Waals surface area contributed by atoms with Crippen molar-refractivity contribution in [2.75, 3.05) is 6.61 Å². The number of ether oxygens (including phenoxy) is 2. The highest BCUT2D eigenvalue weighted by atomic mass is 79.9. The molecule has 0 aliphatic rings. The van der Waals surface area contributed by atoms with E-state index in [4.69, 9.17) is 15.2 Å². The van der Waals surface area contributed by atoms with Gasteiger partial charge in [0.15, 0.2) is 17.3 Å². The van der Waals surface area contributed by atoms with Gasteiger partial charge in [0.25, 0.3) is 0 Å². The van der Waals surface area contributed by atoms with Crippen molar-refractivity contribution in [2.45, 2.75) is 20.1 Å². The summed E-state index contributed by atoms with van der Waals surface area (Å²) in [6.07, 6.45) is 3.36. The average molecular weight is 338 g/mol. The molecular formula is C14H16BrN3O2. The Bertz CT molecular complexity index is 564. The van der Waals surface area contributed by atoms with Crippen molar-refractivity contribution in [3.8, 4) is 11.5 Å². The minimum absolute atomic E-state index is 0.279. The van der Waals surface area contributed by atoms with Crippen LogP contribution < -0.4 is 15.2 Å². The van der Waals surface area contributed by atoms with Crippen molar-refractivity contribution in [3.05, 3.63) is 46.5 Å². The van der Waals surface area contributed by atoms with E-state index in [0.717, 1.165) is 10.0 Å². The van der Waals surface area contributed by atoms with E-state index in [-0.39, 0.29) is 6.61 Å². The van der Waals surface area contributed by atoms with Gasteiger partial charge in [-0.25, -0.2) is 9.97 Å². The maximum absolute atomic E-state index is 5.77. The van der Waals surface area contributed by atoms with Crippen LogP contribution in [0, 0.1) is 0 Å². The maximum Gasteiger partial charge on any atom is 0.176 e. The van der Waals surface area contributed by atoms with Crippen LogP contribution in [0.3, 0.4) is 0 Å². The molecule has 20 heavy (non-hydrogen) atoms. The van der Waals surface area contributed by atoms with Crippen LogP contribution in [0.5, 0.6) is 11.5 Å². The summed E-state index contributed by atoms with van der Waals surface area (Å²) in [6, 6.07) is 5.57. The van der Waals surface area contributed by atoms with Crippen LogP contribution in [0.1, 0.15) is 18.3 Å². The Morgan fingerprint density at radius 1 is 1.20 bits per heavy atom. The fraction of sp³-hybridized carbons (Fsp3) is 0.286. The predicted octanol–water partition coefficient (Wildman–Crippen LogP) is 2.68. The number of aromatic nitrogens is 2. The van der Waals surface area contributed by atoms with Crippen molar-refractivity contribution in [1.82, 2.24) is 9.97 Å². The second-order valence-electron chi connectivity index (χ2n) is 4.00. The minimum Gasteiger partial charge on any atom is -0.490 e. The van der Waals surface area contributed by atoms with E-state index < -0.39 is 0 Å². The lowest BCUT2D eigenvalue weighted by atomic mass is 10.2. The molecule has 1 heterocycles. The summed E-state index contributed by atoms with van der Waals surface area (Å²) in [5, 5.41) is 0. The van der Waals surface area contributed by atoms with E-state index in [1.807, 2.05) is 19.1 Å². The number of hydrogen-bond donors (Lipinski definition) is 1. The summed E-state index contributed by atoms with van der Waals surface area (Å²) in [6.45, 7) is 3.20. The number of halogens is 1. The zero-order valence-corrected chi connectivity index (χ0v) is 12.8. The van der Waals surface area contributed by atoms with Gasteiger partial charge in [0, 0.05) is 18.9 Å². The predicted molar refractivity (Wildman–Crippen MR) is 79.6 cm³/mol. The molecule has 2 rings (SSSR count). The Kier molecular flexibility index (Phi) is 5.31. The van der Waals surface area contributed by atoms with E-state index in [9.17, 15) is 0 Å². The van der Waals surface area contributed by atoms with Gasteiger partial charge in [-0.2, -0.15) is 0 Å². The molecule has 0 saturated carbocycles. The van der Waals surface area contributed by atoms with E-state index in [2.05, 4.69) is 25.9 Å². The van der Waals surface area contributed by atoms with Gasteiger partial charge in [-0.05, 0) is 46.6 Å². The summed E-state index contributed by atoms with van der Waals surface area (Å²) in [7, 11) is 0. The van der Waals surface area contributed by atoms with Crippen LogP contribution in [0.4, 0.5) is 0 Å². The van der Waals surface area contributed by atoms with Gasteiger partial charge in [0.1, 0.15) is 6.61 Å². The number of rotatable bonds is 6. The summed E-state index contributed by atoms with van der Waals surface area (Å²) in [5.41, 5.74) is 6.64. The first-order valence-electron chi connectivity index (χ1n) is 6.28. The van der Waals surface area contributed by atoms with Crippen LogP contribution in [-0.2, 0) is 13.2 Å². The van der Waals surface area contributed by atoms with Gasteiger partial charge in [-0.1, -0.05) is 0 Å². The lowest BCUT2D eigenvalue weighted by Crippen LogP contribution is -2.05. The van der Waals surface area contributed by atoms with E-state index in [1.165, 1.54) is 0 Å². The third-order valence-electron chi connectivity index (χ3n) is 2.57. The number of benzene rings is 1. The highest BCUT2D eigenvalue weighted by molar-refractivity contribution is 9.10. The van der Waals surface area contributed by atoms with Gasteiger partial charge in [-0.3, -0.25) is 0 Å². The van der Waals surface area contributed by atoms with Crippen LogP contribution in [0.25, 0.3) is 0 Å². The first kappa shape index (κ1) is 14.7. The smallest absolute Gasteiger partial charge is 0.176 e. The average Bonchev–Trinajstić information content (AvgIpc) is 2.47. The molecule has 2 N–H and O–H groups in total. The molecular weight excluding hydrogens is 322 g/mol. The molecule has 0 saturated heterocycles. The zero-order chi connectivity index (χ0) is 14.4. The van der Waals surface area contributed by atoms with Crippen LogP contribution in [0.15, 0.2) is 35.1 Å². The molecule has 0 bridgehead atoms. The summed E-state index contributed by atoms with van der Waals surface area (Å²) < 4.78 is 12.2. The zero-order valence-electron chi connectivity index (χ0n) is 11.2. The van der Waals surface area contributed by atoms with Crippen molar-refractivity contribution in [1.29, 1.82) is 0 Å².